The van der Waals surface area contributed by atoms with Gasteiger partial charge in [-0.3, -0.25) is 0 Å². The monoisotopic (exact) mass is 199 g/mol. The Hall–Kier alpha value is -2.19. The molecule has 0 aliphatic rings. The van der Waals surface area contributed by atoms with Crippen LogP contribution in [0, 0.1) is 0 Å². The molecule has 2 aromatic rings. The zero-order chi connectivity index (χ0) is 10.7. The van der Waals surface area contributed by atoms with E-state index in [-0.39, 0.29) is 12.3 Å². The maximum absolute atomic E-state index is 9.65. The summed E-state index contributed by atoms with van der Waals surface area (Å²) < 4.78 is 0. The van der Waals surface area contributed by atoms with Crippen molar-refractivity contribution in [2.24, 2.45) is 5.11 Å². The molecule has 0 aromatic heterocycles. The minimum Gasteiger partial charge on any atom is -0.508 e. The molecule has 0 heterocycles. The van der Waals surface area contributed by atoms with Crippen LogP contribution in [-0.4, -0.2) is 5.11 Å². The van der Waals surface area contributed by atoms with Gasteiger partial charge in [-0.15, -0.1) is 0 Å². The highest BCUT2D eigenvalue weighted by molar-refractivity contribution is 5.87. The number of hydrogen-bond donors (Lipinski definition) is 1. The van der Waals surface area contributed by atoms with Crippen molar-refractivity contribution in [3.05, 3.63) is 52.4 Å². The molecule has 0 fully saturated rings. The van der Waals surface area contributed by atoms with Gasteiger partial charge < -0.3 is 5.11 Å². The average Bonchev–Trinajstić information content (AvgIpc) is 2.28. The van der Waals surface area contributed by atoms with Gasteiger partial charge in [-0.1, -0.05) is 35.4 Å². The number of fused-ring (bicyclic) bond motifs is 1. The van der Waals surface area contributed by atoms with Crippen LogP contribution in [0.15, 0.2) is 41.5 Å². The van der Waals surface area contributed by atoms with Gasteiger partial charge in [-0.05, 0) is 22.4 Å². The molecule has 4 nitrogen and oxygen atoms in total. The summed E-state index contributed by atoms with van der Waals surface area (Å²) in [5.74, 6) is 0.168. The molecule has 0 bridgehead atoms. The summed E-state index contributed by atoms with van der Waals surface area (Å²) in [6.07, 6.45) is 0. The van der Waals surface area contributed by atoms with Crippen molar-refractivity contribution in [2.75, 3.05) is 0 Å². The number of phenols is 1. The molecule has 0 unspecified atom stereocenters. The maximum atomic E-state index is 9.65. The van der Waals surface area contributed by atoms with Crippen molar-refractivity contribution >= 4 is 10.8 Å². The lowest BCUT2D eigenvalue weighted by Crippen LogP contribution is -1.85. The predicted octanol–water partition coefficient (Wildman–Crippen LogP) is 3.36. The molecule has 74 valence electrons. The van der Waals surface area contributed by atoms with Crippen LogP contribution in [0.4, 0.5) is 0 Å². The molecule has 15 heavy (non-hydrogen) atoms. The van der Waals surface area contributed by atoms with E-state index in [1.165, 1.54) is 0 Å². The first-order valence-corrected chi connectivity index (χ1v) is 4.53. The van der Waals surface area contributed by atoms with Crippen LogP contribution in [0.5, 0.6) is 5.75 Å². The molecule has 0 aliphatic carbocycles. The van der Waals surface area contributed by atoms with E-state index >= 15 is 0 Å². The van der Waals surface area contributed by atoms with Gasteiger partial charge in [0.1, 0.15) is 5.75 Å². The zero-order valence-electron chi connectivity index (χ0n) is 7.96. The van der Waals surface area contributed by atoms with E-state index in [9.17, 15) is 5.11 Å². The third-order valence-corrected chi connectivity index (χ3v) is 2.31. The third-order valence-electron chi connectivity index (χ3n) is 2.31. The second-order valence-electron chi connectivity index (χ2n) is 3.17. The van der Waals surface area contributed by atoms with Gasteiger partial charge in [0.05, 0.1) is 6.54 Å². The third kappa shape index (κ3) is 1.71. The Morgan fingerprint density at radius 1 is 1.20 bits per heavy atom. The van der Waals surface area contributed by atoms with Crippen molar-refractivity contribution in [2.45, 2.75) is 6.54 Å². The number of aromatic hydroxyl groups is 1. The first-order valence-electron chi connectivity index (χ1n) is 4.53. The van der Waals surface area contributed by atoms with Crippen LogP contribution in [0.3, 0.4) is 0 Å². The lowest BCUT2D eigenvalue weighted by atomic mass is 10.0. The summed E-state index contributed by atoms with van der Waals surface area (Å²) in [7, 11) is 0. The average molecular weight is 199 g/mol. The van der Waals surface area contributed by atoms with Gasteiger partial charge in [0.25, 0.3) is 0 Å². The smallest absolute Gasteiger partial charge is 0.119 e. The summed E-state index contributed by atoms with van der Waals surface area (Å²) in [6, 6.07) is 11.1. The highest BCUT2D eigenvalue weighted by Gasteiger charge is 2.04. The summed E-state index contributed by atoms with van der Waals surface area (Å²) in [5, 5.41) is 15.1. The van der Waals surface area contributed by atoms with Gasteiger partial charge in [-0.2, -0.15) is 0 Å². The highest BCUT2D eigenvalue weighted by atomic mass is 16.3. The molecule has 0 saturated carbocycles. The van der Waals surface area contributed by atoms with E-state index in [1.54, 1.807) is 6.07 Å². The van der Waals surface area contributed by atoms with Crippen LogP contribution >= 0.6 is 0 Å². The highest BCUT2D eigenvalue weighted by Crippen LogP contribution is 2.27. The Morgan fingerprint density at radius 2 is 2.00 bits per heavy atom. The van der Waals surface area contributed by atoms with E-state index in [4.69, 9.17) is 5.53 Å². The van der Waals surface area contributed by atoms with Gasteiger partial charge in [0.2, 0.25) is 0 Å². The van der Waals surface area contributed by atoms with Crippen molar-refractivity contribution in [3.8, 4) is 5.75 Å². The number of azide groups is 1. The topological polar surface area (TPSA) is 69.0 Å². The molecule has 2 aromatic carbocycles. The number of hydrogen-bond acceptors (Lipinski definition) is 2. The van der Waals surface area contributed by atoms with E-state index in [2.05, 4.69) is 10.0 Å². The molecule has 0 aliphatic heterocycles. The maximum Gasteiger partial charge on any atom is 0.119 e. The van der Waals surface area contributed by atoms with Crippen molar-refractivity contribution in [1.82, 2.24) is 0 Å². The van der Waals surface area contributed by atoms with Crippen molar-refractivity contribution in [1.29, 1.82) is 0 Å². The van der Waals surface area contributed by atoms with E-state index in [1.807, 2.05) is 30.3 Å². The molecule has 0 radical (unpaired) electrons. The largest absolute Gasteiger partial charge is 0.508 e. The Morgan fingerprint density at radius 3 is 2.80 bits per heavy atom. The normalized spacial score (nSPS) is 9.87. The summed E-state index contributed by atoms with van der Waals surface area (Å²) in [5.41, 5.74) is 8.94. The second kappa shape index (κ2) is 3.90. The SMILES string of the molecule is [N-]=[N+]=NCc1c(O)ccc2ccccc12. The zero-order valence-corrected chi connectivity index (χ0v) is 7.96. The molecule has 1 N–H and O–H groups in total. The summed E-state index contributed by atoms with van der Waals surface area (Å²) in [6.45, 7) is 0.170. The fourth-order valence-electron chi connectivity index (χ4n) is 1.59. The number of phenolic OH excluding ortho intramolecular Hbond substituents is 1. The quantitative estimate of drug-likeness (QED) is 0.449. The van der Waals surface area contributed by atoms with E-state index in [0.29, 0.717) is 5.56 Å². The van der Waals surface area contributed by atoms with Gasteiger partial charge >= 0.3 is 0 Å². The minimum absolute atomic E-state index is 0.168. The fraction of sp³-hybridized carbons (Fsp3) is 0.0909. The lowest BCUT2D eigenvalue weighted by Gasteiger charge is -2.05. The first kappa shape index (κ1) is 9.37. The molecule has 4 heteroatoms. The number of nitrogens with zero attached hydrogens (tertiary/aromatic N) is 3. The molecule has 0 spiro atoms. The van der Waals surface area contributed by atoms with E-state index < -0.39 is 0 Å². The van der Waals surface area contributed by atoms with Crippen LogP contribution in [0.2, 0.25) is 0 Å². The molecule has 0 atom stereocenters. The first-order chi connectivity index (χ1) is 7.33. The van der Waals surface area contributed by atoms with Crippen LogP contribution in [0.25, 0.3) is 21.2 Å². The molecule has 0 amide bonds. The lowest BCUT2D eigenvalue weighted by molar-refractivity contribution is 0.469. The molecule has 2 rings (SSSR count). The van der Waals surface area contributed by atoms with Gasteiger partial charge in [-0.25, -0.2) is 0 Å². The predicted molar refractivity (Wildman–Crippen MR) is 58.5 cm³/mol. The molecular weight excluding hydrogens is 190 g/mol. The van der Waals surface area contributed by atoms with Crippen molar-refractivity contribution in [3.63, 3.8) is 0 Å². The molecule has 0 saturated heterocycles. The van der Waals surface area contributed by atoms with Gasteiger partial charge in [0.15, 0.2) is 0 Å². The number of benzene rings is 2. The Labute approximate surface area is 86.4 Å². The van der Waals surface area contributed by atoms with Gasteiger partial charge in [0, 0.05) is 10.5 Å². The standard InChI is InChI=1S/C11H9N3O/c12-14-13-7-10-9-4-2-1-3-8(9)5-6-11(10)15/h1-6,15H,7H2. The minimum atomic E-state index is 0.168. The van der Waals surface area contributed by atoms with E-state index in [0.717, 1.165) is 10.8 Å². The Bertz CT molecular complexity index is 545. The van der Waals surface area contributed by atoms with Crippen LogP contribution in [0.1, 0.15) is 5.56 Å². The van der Waals surface area contributed by atoms with Crippen LogP contribution in [-0.2, 0) is 6.54 Å². The second-order valence-corrected chi connectivity index (χ2v) is 3.17. The van der Waals surface area contributed by atoms with Crippen molar-refractivity contribution < 1.29 is 5.11 Å². The summed E-state index contributed by atoms with van der Waals surface area (Å²) >= 11 is 0. The molecular formula is C11H9N3O. The van der Waals surface area contributed by atoms with Crippen LogP contribution < -0.4 is 0 Å². The number of rotatable bonds is 2. The summed E-state index contributed by atoms with van der Waals surface area (Å²) in [4.78, 5) is 2.69. The Kier molecular flexibility index (Phi) is 2.44. The fourth-order valence-corrected chi connectivity index (χ4v) is 1.59. The Balaban J connectivity index is 2.67.